The average molecular weight is 264 g/mol. The first kappa shape index (κ1) is 14.5. The van der Waals surface area contributed by atoms with Gasteiger partial charge in [-0.1, -0.05) is 38.3 Å². The molecule has 1 aliphatic heterocycles. The summed E-state index contributed by atoms with van der Waals surface area (Å²) in [6, 6.07) is 7.52. The first-order valence-corrected chi connectivity index (χ1v) is 7.51. The van der Waals surface area contributed by atoms with Crippen molar-refractivity contribution in [3.63, 3.8) is 0 Å². The maximum absolute atomic E-state index is 13.5. The Morgan fingerprint density at radius 2 is 2.05 bits per heavy atom. The Hall–Kier alpha value is -0.930. The SMILES string of the molecule is CCCCC[C@@H](c1cccc(F)c1)N1CCNCC1. The van der Waals surface area contributed by atoms with E-state index in [1.54, 1.807) is 6.07 Å². The lowest BCUT2D eigenvalue weighted by Crippen LogP contribution is -2.45. The number of nitrogens with zero attached hydrogens (tertiary/aromatic N) is 1. The van der Waals surface area contributed by atoms with Crippen LogP contribution >= 0.6 is 0 Å². The number of halogens is 1. The molecule has 1 atom stereocenters. The molecule has 0 amide bonds. The highest BCUT2D eigenvalue weighted by Crippen LogP contribution is 2.27. The van der Waals surface area contributed by atoms with Gasteiger partial charge in [0.15, 0.2) is 0 Å². The minimum atomic E-state index is -0.117. The molecule has 1 aliphatic rings. The van der Waals surface area contributed by atoms with Gasteiger partial charge in [0.2, 0.25) is 0 Å². The van der Waals surface area contributed by atoms with E-state index in [9.17, 15) is 4.39 Å². The summed E-state index contributed by atoms with van der Waals surface area (Å²) >= 11 is 0. The zero-order chi connectivity index (χ0) is 13.5. The predicted molar refractivity (Wildman–Crippen MR) is 77.7 cm³/mol. The molecular formula is C16H25FN2. The Morgan fingerprint density at radius 3 is 2.74 bits per heavy atom. The Labute approximate surface area is 116 Å². The van der Waals surface area contributed by atoms with Gasteiger partial charge in [-0.05, 0) is 24.1 Å². The topological polar surface area (TPSA) is 15.3 Å². The van der Waals surface area contributed by atoms with Crippen molar-refractivity contribution in [3.8, 4) is 0 Å². The van der Waals surface area contributed by atoms with Gasteiger partial charge >= 0.3 is 0 Å². The summed E-state index contributed by atoms with van der Waals surface area (Å²) in [4.78, 5) is 2.50. The fourth-order valence-electron chi connectivity index (χ4n) is 2.86. The van der Waals surface area contributed by atoms with Crippen molar-refractivity contribution >= 4 is 0 Å². The fourth-order valence-corrected chi connectivity index (χ4v) is 2.86. The van der Waals surface area contributed by atoms with Crippen LogP contribution in [0.25, 0.3) is 0 Å². The maximum atomic E-state index is 13.5. The van der Waals surface area contributed by atoms with E-state index in [1.165, 1.54) is 25.3 Å². The number of hydrogen-bond acceptors (Lipinski definition) is 2. The summed E-state index contributed by atoms with van der Waals surface area (Å²) in [5, 5.41) is 3.38. The highest BCUT2D eigenvalue weighted by Gasteiger charge is 2.21. The van der Waals surface area contributed by atoms with E-state index in [4.69, 9.17) is 0 Å². The number of unbranched alkanes of at least 4 members (excludes halogenated alkanes) is 2. The molecule has 1 aromatic carbocycles. The van der Waals surface area contributed by atoms with Gasteiger partial charge in [0.25, 0.3) is 0 Å². The smallest absolute Gasteiger partial charge is 0.123 e. The summed E-state index contributed by atoms with van der Waals surface area (Å²) in [7, 11) is 0. The molecule has 0 spiro atoms. The molecule has 1 saturated heterocycles. The maximum Gasteiger partial charge on any atom is 0.123 e. The molecule has 0 saturated carbocycles. The number of nitrogens with one attached hydrogen (secondary N) is 1. The highest BCUT2D eigenvalue weighted by atomic mass is 19.1. The lowest BCUT2D eigenvalue weighted by atomic mass is 9.98. The van der Waals surface area contributed by atoms with Crippen molar-refractivity contribution in [2.75, 3.05) is 26.2 Å². The van der Waals surface area contributed by atoms with E-state index in [2.05, 4.69) is 23.2 Å². The number of rotatable bonds is 6. The lowest BCUT2D eigenvalue weighted by Gasteiger charge is -2.35. The molecule has 0 unspecified atom stereocenters. The summed E-state index contributed by atoms with van der Waals surface area (Å²) in [5.41, 5.74) is 1.14. The Morgan fingerprint density at radius 1 is 1.26 bits per heavy atom. The minimum Gasteiger partial charge on any atom is -0.314 e. The van der Waals surface area contributed by atoms with Crippen LogP contribution in [-0.4, -0.2) is 31.1 Å². The second kappa shape index (κ2) is 7.61. The normalized spacial score (nSPS) is 18.4. The highest BCUT2D eigenvalue weighted by molar-refractivity contribution is 5.20. The molecule has 19 heavy (non-hydrogen) atoms. The van der Waals surface area contributed by atoms with Crippen LogP contribution in [0.4, 0.5) is 4.39 Å². The molecule has 106 valence electrons. The summed E-state index contributed by atoms with van der Waals surface area (Å²) in [5.74, 6) is -0.117. The van der Waals surface area contributed by atoms with Gasteiger partial charge in [0, 0.05) is 32.2 Å². The molecule has 0 bridgehead atoms. The van der Waals surface area contributed by atoms with Crippen LogP contribution < -0.4 is 5.32 Å². The van der Waals surface area contributed by atoms with Gasteiger partial charge in [0.05, 0.1) is 0 Å². The van der Waals surface area contributed by atoms with Crippen LogP contribution in [-0.2, 0) is 0 Å². The van der Waals surface area contributed by atoms with Crippen LogP contribution in [0, 0.1) is 5.82 Å². The van der Waals surface area contributed by atoms with Crippen molar-refractivity contribution in [2.45, 2.75) is 38.6 Å². The first-order chi connectivity index (χ1) is 9.31. The second-order valence-corrected chi connectivity index (χ2v) is 5.35. The van der Waals surface area contributed by atoms with Crippen LogP contribution in [0.3, 0.4) is 0 Å². The van der Waals surface area contributed by atoms with Crippen molar-refractivity contribution in [1.29, 1.82) is 0 Å². The van der Waals surface area contributed by atoms with Gasteiger partial charge in [-0.3, -0.25) is 4.90 Å². The van der Waals surface area contributed by atoms with Gasteiger partial charge < -0.3 is 5.32 Å². The average Bonchev–Trinajstić information content (AvgIpc) is 2.45. The minimum absolute atomic E-state index is 0.117. The van der Waals surface area contributed by atoms with Crippen molar-refractivity contribution in [3.05, 3.63) is 35.6 Å². The quantitative estimate of drug-likeness (QED) is 0.793. The van der Waals surface area contributed by atoms with E-state index < -0.39 is 0 Å². The Bertz CT molecular complexity index is 375. The third kappa shape index (κ3) is 4.29. The molecule has 0 aliphatic carbocycles. The molecule has 0 radical (unpaired) electrons. The molecule has 1 aromatic rings. The molecule has 1 fully saturated rings. The van der Waals surface area contributed by atoms with Gasteiger partial charge in [0.1, 0.15) is 5.82 Å². The third-order valence-corrected chi connectivity index (χ3v) is 3.91. The Kier molecular flexibility index (Phi) is 5.80. The van der Waals surface area contributed by atoms with E-state index in [0.29, 0.717) is 6.04 Å². The molecule has 3 heteroatoms. The van der Waals surface area contributed by atoms with Crippen molar-refractivity contribution in [1.82, 2.24) is 10.2 Å². The van der Waals surface area contributed by atoms with Crippen molar-refractivity contribution < 1.29 is 4.39 Å². The monoisotopic (exact) mass is 264 g/mol. The van der Waals surface area contributed by atoms with Crippen molar-refractivity contribution in [2.24, 2.45) is 0 Å². The summed E-state index contributed by atoms with van der Waals surface area (Å²) < 4.78 is 13.5. The molecule has 2 rings (SSSR count). The van der Waals surface area contributed by atoms with Gasteiger partial charge in [-0.2, -0.15) is 0 Å². The van der Waals surface area contributed by atoms with Crippen LogP contribution in [0.5, 0.6) is 0 Å². The largest absolute Gasteiger partial charge is 0.314 e. The number of piperazine rings is 1. The van der Waals surface area contributed by atoms with Crippen LogP contribution in [0.1, 0.15) is 44.2 Å². The van der Waals surface area contributed by atoms with E-state index in [1.807, 2.05) is 6.07 Å². The van der Waals surface area contributed by atoms with E-state index in [-0.39, 0.29) is 5.82 Å². The molecular weight excluding hydrogens is 239 g/mol. The van der Waals surface area contributed by atoms with E-state index >= 15 is 0 Å². The number of benzene rings is 1. The predicted octanol–water partition coefficient (Wildman–Crippen LogP) is 3.35. The van der Waals surface area contributed by atoms with Gasteiger partial charge in [-0.25, -0.2) is 4.39 Å². The lowest BCUT2D eigenvalue weighted by molar-refractivity contribution is 0.162. The fraction of sp³-hybridized carbons (Fsp3) is 0.625. The summed E-state index contributed by atoms with van der Waals surface area (Å²) in [6.07, 6.45) is 4.86. The first-order valence-electron chi connectivity index (χ1n) is 7.51. The third-order valence-electron chi connectivity index (χ3n) is 3.91. The molecule has 2 nitrogen and oxygen atoms in total. The standard InChI is InChI=1S/C16H25FN2/c1-2-3-4-8-16(19-11-9-18-10-12-19)14-6-5-7-15(17)13-14/h5-7,13,16,18H,2-4,8-12H2,1H3/t16-/m0/s1. The van der Waals surface area contributed by atoms with E-state index in [0.717, 1.165) is 38.2 Å². The Balaban J connectivity index is 2.08. The van der Waals surface area contributed by atoms with Crippen LogP contribution in [0.2, 0.25) is 0 Å². The zero-order valence-corrected chi connectivity index (χ0v) is 11.9. The van der Waals surface area contributed by atoms with Gasteiger partial charge in [-0.15, -0.1) is 0 Å². The zero-order valence-electron chi connectivity index (χ0n) is 11.9. The molecule has 0 aromatic heterocycles. The second-order valence-electron chi connectivity index (χ2n) is 5.35. The number of hydrogen-bond donors (Lipinski definition) is 1. The molecule has 1 N–H and O–H groups in total. The molecule has 1 heterocycles. The van der Waals surface area contributed by atoms with Crippen LogP contribution in [0.15, 0.2) is 24.3 Å². The summed E-state index contributed by atoms with van der Waals surface area (Å²) in [6.45, 7) is 6.43.